The van der Waals surface area contributed by atoms with E-state index in [1.54, 1.807) is 6.92 Å². The van der Waals surface area contributed by atoms with Gasteiger partial charge in [0.25, 0.3) is 0 Å². The third kappa shape index (κ3) is 4.17. The molecule has 6 heteroatoms. The van der Waals surface area contributed by atoms with Gasteiger partial charge in [-0.25, -0.2) is 8.42 Å². The maximum atomic E-state index is 11.2. The standard InChI is InChI=1S/C9H17NO4S/c1-2-15(13,14)4-3-10-6-8(7-10)5-9(11)12/h8H,2-7H2,1H3,(H,11,12). The predicted molar refractivity (Wildman–Crippen MR) is 56.5 cm³/mol. The fraction of sp³-hybridized carbons (Fsp3) is 0.889. The van der Waals surface area contributed by atoms with Crippen LogP contribution in [0.3, 0.4) is 0 Å². The van der Waals surface area contributed by atoms with Crippen LogP contribution in [0.5, 0.6) is 0 Å². The third-order valence-electron chi connectivity index (χ3n) is 2.65. The van der Waals surface area contributed by atoms with E-state index in [1.807, 2.05) is 4.90 Å². The van der Waals surface area contributed by atoms with Gasteiger partial charge in [0.1, 0.15) is 0 Å². The molecule has 0 aromatic rings. The molecule has 0 aromatic carbocycles. The van der Waals surface area contributed by atoms with Gasteiger partial charge in [0.2, 0.25) is 0 Å². The molecular weight excluding hydrogens is 218 g/mol. The Kier molecular flexibility index (Phi) is 4.10. The molecule has 15 heavy (non-hydrogen) atoms. The van der Waals surface area contributed by atoms with E-state index in [2.05, 4.69) is 0 Å². The number of carbonyl (C=O) groups is 1. The van der Waals surface area contributed by atoms with Crippen molar-refractivity contribution in [2.24, 2.45) is 5.92 Å². The van der Waals surface area contributed by atoms with Crippen molar-refractivity contribution in [1.82, 2.24) is 4.90 Å². The maximum absolute atomic E-state index is 11.2. The van der Waals surface area contributed by atoms with E-state index in [-0.39, 0.29) is 23.8 Å². The van der Waals surface area contributed by atoms with Crippen molar-refractivity contribution >= 4 is 15.8 Å². The number of sulfone groups is 1. The first-order valence-corrected chi connectivity index (χ1v) is 6.89. The molecule has 0 bridgehead atoms. The van der Waals surface area contributed by atoms with Crippen LogP contribution in [0.2, 0.25) is 0 Å². The van der Waals surface area contributed by atoms with Crippen molar-refractivity contribution < 1.29 is 18.3 Å². The van der Waals surface area contributed by atoms with Crippen molar-refractivity contribution in [1.29, 1.82) is 0 Å². The van der Waals surface area contributed by atoms with Gasteiger partial charge in [0, 0.05) is 25.4 Å². The van der Waals surface area contributed by atoms with Gasteiger partial charge < -0.3 is 10.0 Å². The number of hydrogen-bond acceptors (Lipinski definition) is 4. The lowest BCUT2D eigenvalue weighted by Gasteiger charge is -2.38. The van der Waals surface area contributed by atoms with Gasteiger partial charge in [-0.15, -0.1) is 0 Å². The number of carboxylic acid groups (broad SMARTS) is 1. The molecule has 1 fully saturated rings. The lowest BCUT2D eigenvalue weighted by atomic mass is 9.97. The van der Waals surface area contributed by atoms with Crippen molar-refractivity contribution in [2.75, 3.05) is 31.1 Å². The highest BCUT2D eigenvalue weighted by Crippen LogP contribution is 2.18. The number of rotatable bonds is 6. The summed E-state index contributed by atoms with van der Waals surface area (Å²) in [5, 5.41) is 8.52. The molecule has 0 spiro atoms. The molecule has 1 rings (SSSR count). The number of aliphatic carboxylic acids is 1. The molecular formula is C9H17NO4S. The van der Waals surface area contributed by atoms with Crippen molar-refractivity contribution in [2.45, 2.75) is 13.3 Å². The molecule has 0 unspecified atom stereocenters. The van der Waals surface area contributed by atoms with E-state index >= 15 is 0 Å². The van der Waals surface area contributed by atoms with E-state index in [0.29, 0.717) is 19.6 Å². The average Bonchev–Trinajstić information content (AvgIpc) is 2.08. The van der Waals surface area contributed by atoms with Crippen LogP contribution in [0.1, 0.15) is 13.3 Å². The van der Waals surface area contributed by atoms with E-state index in [1.165, 1.54) is 0 Å². The number of carboxylic acids is 1. The van der Waals surface area contributed by atoms with Gasteiger partial charge in [-0.3, -0.25) is 4.79 Å². The molecule has 1 saturated heterocycles. The first-order valence-electron chi connectivity index (χ1n) is 5.07. The molecule has 0 atom stereocenters. The topological polar surface area (TPSA) is 74.7 Å². The normalized spacial score (nSPS) is 18.7. The molecule has 88 valence electrons. The average molecular weight is 235 g/mol. The third-order valence-corrected chi connectivity index (χ3v) is 4.34. The Labute approximate surface area is 90.0 Å². The fourth-order valence-electron chi connectivity index (χ4n) is 1.65. The molecule has 0 radical (unpaired) electrons. The van der Waals surface area contributed by atoms with Crippen LogP contribution in [0.25, 0.3) is 0 Å². The minimum absolute atomic E-state index is 0.180. The first kappa shape index (κ1) is 12.4. The smallest absolute Gasteiger partial charge is 0.303 e. The Bertz CT molecular complexity index is 319. The number of nitrogens with zero attached hydrogens (tertiary/aromatic N) is 1. The summed E-state index contributed by atoms with van der Waals surface area (Å²) in [5.74, 6) is -0.212. The Morgan fingerprint density at radius 2 is 2.07 bits per heavy atom. The summed E-state index contributed by atoms with van der Waals surface area (Å²) < 4.78 is 22.4. The molecule has 0 aromatic heterocycles. The second-order valence-electron chi connectivity index (χ2n) is 3.96. The van der Waals surface area contributed by atoms with E-state index < -0.39 is 15.8 Å². The zero-order chi connectivity index (χ0) is 11.5. The minimum atomic E-state index is -2.89. The van der Waals surface area contributed by atoms with Gasteiger partial charge in [-0.05, 0) is 5.92 Å². The van der Waals surface area contributed by atoms with Crippen LogP contribution < -0.4 is 0 Å². The predicted octanol–water partition coefficient (Wildman–Crippen LogP) is -0.172. The molecule has 1 aliphatic heterocycles. The SMILES string of the molecule is CCS(=O)(=O)CCN1CC(CC(=O)O)C1. The summed E-state index contributed by atoms with van der Waals surface area (Å²) in [6, 6.07) is 0. The van der Waals surface area contributed by atoms with Crippen molar-refractivity contribution in [3.8, 4) is 0 Å². The Morgan fingerprint density at radius 3 is 2.53 bits per heavy atom. The first-order chi connectivity index (χ1) is 6.93. The van der Waals surface area contributed by atoms with Gasteiger partial charge in [0.05, 0.1) is 12.2 Å². The largest absolute Gasteiger partial charge is 0.481 e. The molecule has 5 nitrogen and oxygen atoms in total. The van der Waals surface area contributed by atoms with E-state index in [4.69, 9.17) is 5.11 Å². The lowest BCUT2D eigenvalue weighted by Crippen LogP contribution is -2.49. The number of likely N-dealkylation sites (tertiary alicyclic amines) is 1. The fourth-order valence-corrected chi connectivity index (χ4v) is 2.47. The molecule has 1 aliphatic rings. The summed E-state index contributed by atoms with van der Waals surface area (Å²) in [4.78, 5) is 12.3. The molecule has 0 amide bonds. The van der Waals surface area contributed by atoms with E-state index in [0.717, 1.165) is 0 Å². The van der Waals surface area contributed by atoms with Crippen LogP contribution in [-0.4, -0.2) is 55.5 Å². The number of hydrogen-bond donors (Lipinski definition) is 1. The highest BCUT2D eigenvalue weighted by molar-refractivity contribution is 7.91. The van der Waals surface area contributed by atoms with Crippen LogP contribution in [0.4, 0.5) is 0 Å². The van der Waals surface area contributed by atoms with Gasteiger partial charge in [-0.2, -0.15) is 0 Å². The monoisotopic (exact) mass is 235 g/mol. The quantitative estimate of drug-likeness (QED) is 0.691. The van der Waals surface area contributed by atoms with Crippen molar-refractivity contribution in [3.05, 3.63) is 0 Å². The molecule has 0 aliphatic carbocycles. The van der Waals surface area contributed by atoms with Crippen LogP contribution in [0, 0.1) is 5.92 Å². The van der Waals surface area contributed by atoms with Gasteiger partial charge >= 0.3 is 5.97 Å². The van der Waals surface area contributed by atoms with Crippen LogP contribution in [-0.2, 0) is 14.6 Å². The minimum Gasteiger partial charge on any atom is -0.481 e. The lowest BCUT2D eigenvalue weighted by molar-refractivity contribution is -0.139. The highest BCUT2D eigenvalue weighted by atomic mass is 32.2. The molecule has 1 N–H and O–H groups in total. The Hall–Kier alpha value is -0.620. The van der Waals surface area contributed by atoms with Crippen LogP contribution >= 0.6 is 0 Å². The zero-order valence-electron chi connectivity index (χ0n) is 8.85. The summed E-state index contributed by atoms with van der Waals surface area (Å²) in [7, 11) is -2.89. The van der Waals surface area contributed by atoms with Gasteiger partial charge in [-0.1, -0.05) is 6.92 Å². The second kappa shape index (κ2) is 4.94. The Morgan fingerprint density at radius 1 is 1.47 bits per heavy atom. The van der Waals surface area contributed by atoms with E-state index in [9.17, 15) is 13.2 Å². The maximum Gasteiger partial charge on any atom is 0.303 e. The highest BCUT2D eigenvalue weighted by Gasteiger charge is 2.28. The molecule has 1 heterocycles. The summed E-state index contributed by atoms with van der Waals surface area (Å²) in [6.07, 6.45) is 0.191. The zero-order valence-corrected chi connectivity index (χ0v) is 9.66. The van der Waals surface area contributed by atoms with Crippen LogP contribution in [0.15, 0.2) is 0 Å². The Balaban J connectivity index is 2.16. The summed E-state index contributed by atoms with van der Waals surface area (Å²) >= 11 is 0. The van der Waals surface area contributed by atoms with Gasteiger partial charge in [0.15, 0.2) is 9.84 Å². The van der Waals surface area contributed by atoms with Crippen molar-refractivity contribution in [3.63, 3.8) is 0 Å². The summed E-state index contributed by atoms with van der Waals surface area (Å²) in [5.41, 5.74) is 0. The molecule has 0 saturated carbocycles. The second-order valence-corrected chi connectivity index (χ2v) is 6.43. The summed E-state index contributed by atoms with van der Waals surface area (Å²) in [6.45, 7) is 3.60.